The van der Waals surface area contributed by atoms with Gasteiger partial charge in [0.2, 0.25) is 5.91 Å². The lowest BCUT2D eigenvalue weighted by Gasteiger charge is -2.22. The summed E-state index contributed by atoms with van der Waals surface area (Å²) in [5.41, 5.74) is 1.30. The highest BCUT2D eigenvalue weighted by Gasteiger charge is 2.21. The van der Waals surface area contributed by atoms with Gasteiger partial charge in [-0.05, 0) is 50.2 Å². The van der Waals surface area contributed by atoms with Crippen molar-refractivity contribution in [1.82, 2.24) is 10.2 Å². The van der Waals surface area contributed by atoms with Crippen LogP contribution in [0.3, 0.4) is 0 Å². The van der Waals surface area contributed by atoms with Crippen LogP contribution in [0.5, 0.6) is 0 Å². The lowest BCUT2D eigenvalue weighted by Crippen LogP contribution is -2.34. The van der Waals surface area contributed by atoms with Crippen LogP contribution < -0.4 is 10.6 Å². The number of benzene rings is 1. The normalized spacial score (nSPS) is 14.7. The Morgan fingerprint density at radius 2 is 1.71 bits per heavy atom. The molecule has 1 aromatic rings. The van der Waals surface area contributed by atoms with Crippen molar-refractivity contribution in [3.05, 3.63) is 55.1 Å². The van der Waals surface area contributed by atoms with Crippen LogP contribution in [0.4, 0.5) is 5.69 Å². The third-order valence-electron chi connectivity index (χ3n) is 4.10. The fraction of sp³-hybridized carbons (Fsp3) is 0.368. The Balaban J connectivity index is 1.98. The molecule has 2 N–H and O–H groups in total. The average molecular weight is 327 g/mol. The van der Waals surface area contributed by atoms with Gasteiger partial charge in [0.25, 0.3) is 5.91 Å². The van der Waals surface area contributed by atoms with Crippen LogP contribution in [0, 0.1) is 5.92 Å². The summed E-state index contributed by atoms with van der Waals surface area (Å²) < 4.78 is 0. The number of hydrogen-bond acceptors (Lipinski definition) is 3. The van der Waals surface area contributed by atoms with Crippen molar-refractivity contribution in [2.45, 2.75) is 12.8 Å². The van der Waals surface area contributed by atoms with Gasteiger partial charge in [-0.15, -0.1) is 13.2 Å². The van der Waals surface area contributed by atoms with Crippen LogP contribution in [0.15, 0.2) is 49.6 Å². The second-order valence-corrected chi connectivity index (χ2v) is 5.88. The summed E-state index contributed by atoms with van der Waals surface area (Å²) >= 11 is 0. The number of nitrogens with one attached hydrogen (secondary N) is 2. The fourth-order valence-corrected chi connectivity index (χ4v) is 2.76. The van der Waals surface area contributed by atoms with Gasteiger partial charge in [-0.1, -0.05) is 12.2 Å². The molecule has 1 aliphatic heterocycles. The first-order valence-corrected chi connectivity index (χ1v) is 8.28. The number of amides is 2. The van der Waals surface area contributed by atoms with Gasteiger partial charge in [0.05, 0.1) is 0 Å². The molecule has 0 atom stereocenters. The topological polar surface area (TPSA) is 61.4 Å². The Morgan fingerprint density at radius 3 is 2.25 bits per heavy atom. The second kappa shape index (κ2) is 9.03. The summed E-state index contributed by atoms with van der Waals surface area (Å²) in [6.07, 6.45) is 5.10. The van der Waals surface area contributed by atoms with Crippen LogP contribution in [0.2, 0.25) is 0 Å². The van der Waals surface area contributed by atoms with E-state index in [4.69, 9.17) is 0 Å². The zero-order valence-electron chi connectivity index (χ0n) is 14.0. The number of anilines is 1. The molecule has 0 radical (unpaired) electrons. The van der Waals surface area contributed by atoms with Crippen LogP contribution in [-0.4, -0.2) is 42.9 Å². The number of piperidine rings is 1. The van der Waals surface area contributed by atoms with E-state index in [1.165, 1.54) is 0 Å². The molecule has 1 aromatic carbocycles. The summed E-state index contributed by atoms with van der Waals surface area (Å²) in [4.78, 5) is 26.3. The van der Waals surface area contributed by atoms with Crippen molar-refractivity contribution >= 4 is 17.5 Å². The molecule has 0 aliphatic carbocycles. The van der Waals surface area contributed by atoms with Crippen molar-refractivity contribution in [3.8, 4) is 0 Å². The van der Waals surface area contributed by atoms with Gasteiger partial charge in [-0.2, -0.15) is 0 Å². The number of hydrogen-bond donors (Lipinski definition) is 2. The highest BCUT2D eigenvalue weighted by atomic mass is 16.2. The highest BCUT2D eigenvalue weighted by molar-refractivity contribution is 5.96. The first-order chi connectivity index (χ1) is 11.7. The van der Waals surface area contributed by atoms with Gasteiger partial charge in [-0.3, -0.25) is 9.59 Å². The van der Waals surface area contributed by atoms with Crippen molar-refractivity contribution in [2.24, 2.45) is 5.92 Å². The summed E-state index contributed by atoms with van der Waals surface area (Å²) in [6, 6.07) is 7.01. The molecular formula is C19H25N3O2. The Morgan fingerprint density at radius 1 is 1.12 bits per heavy atom. The third-order valence-corrected chi connectivity index (χ3v) is 4.10. The van der Waals surface area contributed by atoms with Crippen LogP contribution in [0.25, 0.3) is 0 Å². The van der Waals surface area contributed by atoms with Crippen LogP contribution in [0.1, 0.15) is 23.2 Å². The number of carbonyl (C=O) groups excluding carboxylic acids is 2. The fourth-order valence-electron chi connectivity index (χ4n) is 2.76. The minimum Gasteiger partial charge on any atom is -0.331 e. The SMILES string of the molecule is C=CCN(CC=C)C(=O)c1ccc(NC(=O)C2CCNCC2)cc1. The molecule has 24 heavy (non-hydrogen) atoms. The maximum atomic E-state index is 12.4. The van der Waals surface area contributed by atoms with Gasteiger partial charge in [0.15, 0.2) is 0 Å². The average Bonchev–Trinajstić information content (AvgIpc) is 2.62. The van der Waals surface area contributed by atoms with Crippen molar-refractivity contribution < 1.29 is 9.59 Å². The molecule has 1 heterocycles. The molecule has 0 aromatic heterocycles. The molecule has 1 saturated heterocycles. The Kier molecular flexibility index (Phi) is 6.75. The van der Waals surface area contributed by atoms with E-state index >= 15 is 0 Å². The summed E-state index contributed by atoms with van der Waals surface area (Å²) in [6.45, 7) is 10.0. The lowest BCUT2D eigenvalue weighted by atomic mass is 9.97. The van der Waals surface area contributed by atoms with Gasteiger partial charge < -0.3 is 15.5 Å². The predicted molar refractivity (Wildman–Crippen MR) is 97.0 cm³/mol. The van der Waals surface area contributed by atoms with E-state index in [0.29, 0.717) is 24.3 Å². The van der Waals surface area contributed by atoms with Gasteiger partial charge >= 0.3 is 0 Å². The minimum absolute atomic E-state index is 0.0514. The quantitative estimate of drug-likeness (QED) is 0.756. The predicted octanol–water partition coefficient (Wildman–Crippen LogP) is 2.44. The molecule has 1 fully saturated rings. The molecule has 0 bridgehead atoms. The van der Waals surface area contributed by atoms with Gasteiger partial charge in [0.1, 0.15) is 0 Å². The van der Waals surface area contributed by atoms with Crippen molar-refractivity contribution in [2.75, 3.05) is 31.5 Å². The number of rotatable bonds is 7. The molecule has 1 aliphatic rings. The molecule has 0 unspecified atom stereocenters. The van der Waals surface area contributed by atoms with Crippen molar-refractivity contribution in [3.63, 3.8) is 0 Å². The smallest absolute Gasteiger partial charge is 0.254 e. The zero-order valence-corrected chi connectivity index (χ0v) is 14.0. The number of nitrogens with zero attached hydrogens (tertiary/aromatic N) is 1. The summed E-state index contributed by atoms with van der Waals surface area (Å²) in [7, 11) is 0. The molecule has 0 spiro atoms. The van der Waals surface area contributed by atoms with Gasteiger partial charge in [-0.25, -0.2) is 0 Å². The van der Waals surface area contributed by atoms with Crippen molar-refractivity contribution in [1.29, 1.82) is 0 Å². The highest BCUT2D eigenvalue weighted by Crippen LogP contribution is 2.17. The van der Waals surface area contributed by atoms with Gasteiger partial charge in [0, 0.05) is 30.3 Å². The maximum Gasteiger partial charge on any atom is 0.254 e. The van der Waals surface area contributed by atoms with E-state index in [9.17, 15) is 9.59 Å². The Labute approximate surface area is 143 Å². The largest absolute Gasteiger partial charge is 0.331 e. The maximum absolute atomic E-state index is 12.4. The monoisotopic (exact) mass is 327 g/mol. The second-order valence-electron chi connectivity index (χ2n) is 5.88. The zero-order chi connectivity index (χ0) is 17.4. The molecule has 2 amide bonds. The molecule has 5 nitrogen and oxygen atoms in total. The molecule has 128 valence electrons. The standard InChI is InChI=1S/C19H25N3O2/c1-3-13-22(14-4-2)19(24)16-5-7-17(8-6-16)21-18(23)15-9-11-20-12-10-15/h3-8,15,20H,1-2,9-14H2,(H,21,23). The minimum atomic E-state index is -0.0777. The lowest BCUT2D eigenvalue weighted by molar-refractivity contribution is -0.120. The number of carbonyl (C=O) groups is 2. The third kappa shape index (κ3) is 4.80. The van der Waals surface area contributed by atoms with Crippen LogP contribution >= 0.6 is 0 Å². The summed E-state index contributed by atoms with van der Waals surface area (Å²) in [5, 5.41) is 6.18. The van der Waals surface area contributed by atoms with E-state index in [1.54, 1.807) is 41.3 Å². The molecule has 0 saturated carbocycles. The molecular weight excluding hydrogens is 302 g/mol. The van der Waals surface area contributed by atoms with E-state index < -0.39 is 0 Å². The molecule has 5 heteroatoms. The first kappa shape index (κ1) is 17.9. The summed E-state index contributed by atoms with van der Waals surface area (Å²) in [5.74, 6) is 0.0322. The first-order valence-electron chi connectivity index (χ1n) is 8.28. The van der Waals surface area contributed by atoms with E-state index in [-0.39, 0.29) is 17.7 Å². The van der Waals surface area contributed by atoms with E-state index in [2.05, 4.69) is 23.8 Å². The van der Waals surface area contributed by atoms with E-state index in [1.807, 2.05) is 0 Å². The van der Waals surface area contributed by atoms with Crippen LogP contribution in [-0.2, 0) is 4.79 Å². The Bertz CT molecular complexity index is 579. The molecule has 2 rings (SSSR count). The van der Waals surface area contributed by atoms with E-state index in [0.717, 1.165) is 25.9 Å². The Hall–Kier alpha value is -2.40.